The number of para-hydroxylation sites is 1. The molecule has 24 heavy (non-hydrogen) atoms. The summed E-state index contributed by atoms with van der Waals surface area (Å²) in [7, 11) is 1.45. The first-order chi connectivity index (χ1) is 11.6. The third-order valence-corrected chi connectivity index (χ3v) is 4.00. The van der Waals surface area contributed by atoms with Crippen LogP contribution in [0, 0.1) is 0 Å². The fourth-order valence-corrected chi connectivity index (χ4v) is 2.56. The molecule has 2 aromatic carbocycles. The molecule has 0 aliphatic carbocycles. The summed E-state index contributed by atoms with van der Waals surface area (Å²) in [6, 6.07) is 12.1. The SMILES string of the molecule is COc1cc(/C=N/NC(=O)c2cc3ccccc3o2)c(Br)cc1O. The molecule has 0 unspecified atom stereocenters. The molecule has 0 atom stereocenters. The molecule has 7 heteroatoms. The lowest BCUT2D eigenvalue weighted by molar-refractivity contribution is 0.0929. The average Bonchev–Trinajstić information content (AvgIpc) is 3.01. The zero-order valence-electron chi connectivity index (χ0n) is 12.6. The number of phenols is 1. The molecular weight excluding hydrogens is 376 g/mol. The van der Waals surface area contributed by atoms with E-state index in [1.807, 2.05) is 18.2 Å². The van der Waals surface area contributed by atoms with E-state index in [-0.39, 0.29) is 11.5 Å². The van der Waals surface area contributed by atoms with Crippen LogP contribution in [-0.2, 0) is 0 Å². The van der Waals surface area contributed by atoms with Crippen LogP contribution in [0.3, 0.4) is 0 Å². The predicted molar refractivity (Wildman–Crippen MR) is 93.6 cm³/mol. The zero-order chi connectivity index (χ0) is 17.1. The summed E-state index contributed by atoms with van der Waals surface area (Å²) in [6.45, 7) is 0. The Morgan fingerprint density at radius 1 is 1.33 bits per heavy atom. The van der Waals surface area contributed by atoms with E-state index in [1.54, 1.807) is 18.2 Å². The van der Waals surface area contributed by atoms with Gasteiger partial charge in [0.1, 0.15) is 5.58 Å². The Kier molecular flexibility index (Phi) is 4.52. The van der Waals surface area contributed by atoms with Gasteiger partial charge < -0.3 is 14.3 Å². The van der Waals surface area contributed by atoms with E-state index in [0.29, 0.717) is 21.4 Å². The maximum Gasteiger partial charge on any atom is 0.307 e. The number of furan rings is 1. The van der Waals surface area contributed by atoms with Crippen molar-refractivity contribution in [3.8, 4) is 11.5 Å². The molecule has 3 aromatic rings. The molecule has 0 saturated heterocycles. The Balaban J connectivity index is 1.75. The van der Waals surface area contributed by atoms with Gasteiger partial charge in [0.15, 0.2) is 17.3 Å². The highest BCUT2D eigenvalue weighted by atomic mass is 79.9. The van der Waals surface area contributed by atoms with Crippen LogP contribution in [0.4, 0.5) is 0 Å². The number of ether oxygens (including phenoxy) is 1. The van der Waals surface area contributed by atoms with Crippen LogP contribution < -0.4 is 10.2 Å². The molecule has 0 aliphatic rings. The molecule has 3 rings (SSSR count). The summed E-state index contributed by atoms with van der Waals surface area (Å²) in [6.07, 6.45) is 1.44. The standard InChI is InChI=1S/C17H13BrN2O4/c1-23-15-7-11(12(18)8-13(15)21)9-19-20-17(22)16-6-10-4-2-3-5-14(10)24-16/h2-9,21H,1H3,(H,20,22)/b19-9+. The minimum atomic E-state index is -0.454. The van der Waals surface area contributed by atoms with Gasteiger partial charge in [-0.1, -0.05) is 18.2 Å². The number of amides is 1. The van der Waals surface area contributed by atoms with Crippen molar-refractivity contribution in [2.24, 2.45) is 5.10 Å². The normalized spacial score (nSPS) is 11.1. The fourth-order valence-electron chi connectivity index (χ4n) is 2.13. The predicted octanol–water partition coefficient (Wildman–Crippen LogP) is 3.67. The van der Waals surface area contributed by atoms with Crippen molar-refractivity contribution < 1.29 is 19.1 Å². The van der Waals surface area contributed by atoms with Gasteiger partial charge in [0.05, 0.1) is 13.3 Å². The zero-order valence-corrected chi connectivity index (χ0v) is 14.2. The summed E-state index contributed by atoms with van der Waals surface area (Å²) in [5.74, 6) is 0.0381. The molecule has 0 radical (unpaired) electrons. The maximum atomic E-state index is 12.1. The number of hydrazone groups is 1. The van der Waals surface area contributed by atoms with Crippen LogP contribution in [0.2, 0.25) is 0 Å². The van der Waals surface area contributed by atoms with Gasteiger partial charge in [-0.3, -0.25) is 4.79 Å². The van der Waals surface area contributed by atoms with E-state index >= 15 is 0 Å². The van der Waals surface area contributed by atoms with Crippen LogP contribution in [0.25, 0.3) is 11.0 Å². The fraction of sp³-hybridized carbons (Fsp3) is 0.0588. The molecular formula is C17H13BrN2O4. The van der Waals surface area contributed by atoms with E-state index in [0.717, 1.165) is 5.39 Å². The first-order valence-corrected chi connectivity index (χ1v) is 7.76. The number of phenolic OH excluding ortho intramolecular Hbond substituents is 1. The summed E-state index contributed by atoms with van der Waals surface area (Å²) in [5.41, 5.74) is 3.67. The second kappa shape index (κ2) is 6.76. The third kappa shape index (κ3) is 3.26. The summed E-state index contributed by atoms with van der Waals surface area (Å²) in [4.78, 5) is 12.1. The van der Waals surface area contributed by atoms with E-state index in [4.69, 9.17) is 9.15 Å². The van der Waals surface area contributed by atoms with E-state index in [9.17, 15) is 9.90 Å². The number of carbonyl (C=O) groups excluding carboxylic acids is 1. The second-order valence-corrected chi connectivity index (χ2v) is 5.75. The molecule has 2 N–H and O–H groups in total. The van der Waals surface area contributed by atoms with Crippen LogP contribution in [0.1, 0.15) is 16.1 Å². The number of fused-ring (bicyclic) bond motifs is 1. The number of halogens is 1. The number of rotatable bonds is 4. The molecule has 0 spiro atoms. The van der Waals surface area contributed by atoms with Gasteiger partial charge in [0.2, 0.25) is 0 Å². The number of aromatic hydroxyl groups is 1. The van der Waals surface area contributed by atoms with Crippen molar-refractivity contribution in [1.82, 2.24) is 5.43 Å². The van der Waals surface area contributed by atoms with Crippen molar-refractivity contribution >= 4 is 39.0 Å². The van der Waals surface area contributed by atoms with Gasteiger partial charge >= 0.3 is 5.91 Å². The van der Waals surface area contributed by atoms with Gasteiger partial charge in [-0.2, -0.15) is 5.10 Å². The Hall–Kier alpha value is -2.80. The summed E-state index contributed by atoms with van der Waals surface area (Å²) in [5, 5.41) is 14.4. The van der Waals surface area contributed by atoms with Gasteiger partial charge in [-0.05, 0) is 40.2 Å². The number of carbonyl (C=O) groups is 1. The summed E-state index contributed by atoms with van der Waals surface area (Å²) >= 11 is 3.31. The van der Waals surface area contributed by atoms with Crippen LogP contribution in [0.15, 0.2) is 56.5 Å². The van der Waals surface area contributed by atoms with E-state index in [2.05, 4.69) is 26.5 Å². The molecule has 1 heterocycles. The average molecular weight is 389 g/mol. The van der Waals surface area contributed by atoms with Crippen molar-refractivity contribution in [3.63, 3.8) is 0 Å². The van der Waals surface area contributed by atoms with Gasteiger partial charge in [0.25, 0.3) is 0 Å². The summed E-state index contributed by atoms with van der Waals surface area (Å²) < 4.78 is 11.1. The third-order valence-electron chi connectivity index (χ3n) is 3.32. The number of methoxy groups -OCH3 is 1. The number of hydrogen-bond acceptors (Lipinski definition) is 5. The Bertz CT molecular complexity index is 900. The highest BCUT2D eigenvalue weighted by Gasteiger charge is 2.11. The molecule has 0 fully saturated rings. The smallest absolute Gasteiger partial charge is 0.307 e. The van der Waals surface area contributed by atoms with Crippen LogP contribution >= 0.6 is 15.9 Å². The van der Waals surface area contributed by atoms with Crippen LogP contribution in [0.5, 0.6) is 11.5 Å². The van der Waals surface area contributed by atoms with E-state index in [1.165, 1.54) is 19.4 Å². The Morgan fingerprint density at radius 2 is 2.12 bits per heavy atom. The monoisotopic (exact) mass is 388 g/mol. The first kappa shape index (κ1) is 16.1. The van der Waals surface area contributed by atoms with Crippen molar-refractivity contribution in [3.05, 3.63) is 58.3 Å². The lowest BCUT2D eigenvalue weighted by Crippen LogP contribution is -2.16. The Labute approximate surface area is 145 Å². The minimum absolute atomic E-state index is 0.00726. The van der Waals surface area contributed by atoms with Crippen molar-refractivity contribution in [1.29, 1.82) is 0 Å². The Morgan fingerprint density at radius 3 is 2.88 bits per heavy atom. The minimum Gasteiger partial charge on any atom is -0.504 e. The first-order valence-electron chi connectivity index (χ1n) is 6.97. The topological polar surface area (TPSA) is 84.1 Å². The van der Waals surface area contributed by atoms with Gasteiger partial charge in [-0.25, -0.2) is 5.43 Å². The molecule has 0 bridgehead atoms. The molecule has 122 valence electrons. The number of hydrogen-bond donors (Lipinski definition) is 2. The quantitative estimate of drug-likeness (QED) is 0.527. The highest BCUT2D eigenvalue weighted by molar-refractivity contribution is 9.10. The molecule has 6 nitrogen and oxygen atoms in total. The molecule has 1 amide bonds. The van der Waals surface area contributed by atoms with Crippen LogP contribution in [-0.4, -0.2) is 24.3 Å². The largest absolute Gasteiger partial charge is 0.504 e. The molecule has 1 aromatic heterocycles. The molecule has 0 aliphatic heterocycles. The number of benzene rings is 2. The van der Waals surface area contributed by atoms with E-state index < -0.39 is 5.91 Å². The van der Waals surface area contributed by atoms with Gasteiger partial charge in [0, 0.05) is 15.4 Å². The number of nitrogens with zero attached hydrogens (tertiary/aromatic N) is 1. The lowest BCUT2D eigenvalue weighted by Gasteiger charge is -2.06. The maximum absolute atomic E-state index is 12.1. The van der Waals surface area contributed by atoms with Gasteiger partial charge in [-0.15, -0.1) is 0 Å². The molecule has 0 saturated carbocycles. The van der Waals surface area contributed by atoms with Crippen molar-refractivity contribution in [2.75, 3.05) is 7.11 Å². The highest BCUT2D eigenvalue weighted by Crippen LogP contribution is 2.31. The second-order valence-electron chi connectivity index (χ2n) is 4.89. The lowest BCUT2D eigenvalue weighted by atomic mass is 10.2. The van der Waals surface area contributed by atoms with Crippen molar-refractivity contribution in [2.45, 2.75) is 0 Å². The number of nitrogens with one attached hydrogen (secondary N) is 1.